The second-order valence-electron chi connectivity index (χ2n) is 5.65. The zero-order valence-electron chi connectivity index (χ0n) is 15.6. The van der Waals surface area contributed by atoms with Crippen molar-refractivity contribution < 1.29 is 34.4 Å². The largest absolute Gasteiger partial charge is 0.458 e. The molecule has 0 saturated carbocycles. The van der Waals surface area contributed by atoms with E-state index in [1.54, 1.807) is 12.1 Å². The quantitative estimate of drug-likeness (QED) is 0.418. The zero-order valence-corrected chi connectivity index (χ0v) is 15.6. The van der Waals surface area contributed by atoms with E-state index in [0.29, 0.717) is 6.42 Å². The fraction of sp³-hybridized carbons (Fsp3) is 0.400. The summed E-state index contributed by atoms with van der Waals surface area (Å²) >= 11 is 0. The van der Waals surface area contributed by atoms with Gasteiger partial charge in [-0.2, -0.15) is 0 Å². The molecule has 0 aliphatic carbocycles. The second kappa shape index (κ2) is 13.7. The summed E-state index contributed by atoms with van der Waals surface area (Å²) in [6, 6.07) is 6.31. The first kappa shape index (κ1) is 24.5. The molecule has 0 saturated heterocycles. The van der Waals surface area contributed by atoms with Crippen LogP contribution >= 0.6 is 0 Å². The first-order chi connectivity index (χ1) is 12.9. The maximum absolute atomic E-state index is 11.7. The molecule has 0 heterocycles. The number of aliphatic hydroxyl groups excluding tert-OH is 3. The van der Waals surface area contributed by atoms with Crippen molar-refractivity contribution >= 4 is 11.9 Å². The van der Waals surface area contributed by atoms with E-state index in [4.69, 9.17) is 24.8 Å². The van der Waals surface area contributed by atoms with E-state index >= 15 is 0 Å². The first-order valence-corrected chi connectivity index (χ1v) is 8.42. The van der Waals surface area contributed by atoms with Crippen LogP contribution in [0.15, 0.2) is 49.6 Å². The Labute approximate surface area is 159 Å². The topological polar surface area (TPSA) is 113 Å². The van der Waals surface area contributed by atoms with Gasteiger partial charge in [0.25, 0.3) is 0 Å². The fourth-order valence-electron chi connectivity index (χ4n) is 1.75. The summed E-state index contributed by atoms with van der Waals surface area (Å²) < 4.78 is 9.78. The van der Waals surface area contributed by atoms with Crippen molar-refractivity contribution in [2.45, 2.75) is 13.3 Å². The normalized spacial score (nSPS) is 10.2. The average molecular weight is 380 g/mol. The highest BCUT2D eigenvalue weighted by Crippen LogP contribution is 2.18. The lowest BCUT2D eigenvalue weighted by molar-refractivity contribution is 0.00303. The van der Waals surface area contributed by atoms with Gasteiger partial charge in [0.1, 0.15) is 13.2 Å². The van der Waals surface area contributed by atoms with Gasteiger partial charge in [-0.25, -0.2) is 9.59 Å². The van der Waals surface area contributed by atoms with Crippen LogP contribution in [0.3, 0.4) is 0 Å². The molecule has 0 bridgehead atoms. The van der Waals surface area contributed by atoms with E-state index in [2.05, 4.69) is 13.2 Å². The number of aliphatic hydroxyl groups is 3. The number of carbonyl (C=O) groups is 2. The van der Waals surface area contributed by atoms with Crippen LogP contribution < -0.4 is 0 Å². The molecule has 27 heavy (non-hydrogen) atoms. The van der Waals surface area contributed by atoms with Crippen LogP contribution in [-0.4, -0.2) is 60.3 Å². The van der Waals surface area contributed by atoms with Crippen LogP contribution in [0, 0.1) is 5.41 Å². The Kier molecular flexibility index (Phi) is 12.4. The van der Waals surface area contributed by atoms with Crippen LogP contribution in [0.25, 0.3) is 0 Å². The number of benzene rings is 1. The number of rotatable bonds is 10. The van der Waals surface area contributed by atoms with Gasteiger partial charge in [-0.1, -0.05) is 44.4 Å². The predicted molar refractivity (Wildman–Crippen MR) is 101 cm³/mol. The Morgan fingerprint density at radius 2 is 1.30 bits per heavy atom. The summed E-state index contributed by atoms with van der Waals surface area (Å²) in [5.41, 5.74) is -0.318. The minimum absolute atomic E-state index is 0.0921. The molecule has 3 N–H and O–H groups in total. The Balaban J connectivity index is 0.000000636. The van der Waals surface area contributed by atoms with Crippen molar-refractivity contribution in [1.29, 1.82) is 0 Å². The minimum Gasteiger partial charge on any atom is -0.458 e. The summed E-state index contributed by atoms with van der Waals surface area (Å²) in [5.74, 6) is -1.16. The molecule has 7 nitrogen and oxygen atoms in total. The molecule has 150 valence electrons. The lowest BCUT2D eigenvalue weighted by Gasteiger charge is -2.24. The Morgan fingerprint density at radius 1 is 0.926 bits per heavy atom. The molecule has 0 unspecified atom stereocenters. The number of ether oxygens (including phenoxy) is 2. The maximum atomic E-state index is 11.7. The van der Waals surface area contributed by atoms with Crippen LogP contribution in [0.2, 0.25) is 0 Å². The minimum atomic E-state index is -0.667. The monoisotopic (exact) mass is 380 g/mol. The molecular formula is C20H28O7. The maximum Gasteiger partial charge on any atom is 0.339 e. The highest BCUT2D eigenvalue weighted by atomic mass is 16.5. The van der Waals surface area contributed by atoms with Gasteiger partial charge in [0.2, 0.25) is 0 Å². The van der Waals surface area contributed by atoms with Gasteiger partial charge in [-0.05, 0) is 18.6 Å². The van der Waals surface area contributed by atoms with Crippen molar-refractivity contribution in [2.75, 3.05) is 33.0 Å². The van der Waals surface area contributed by atoms with Crippen molar-refractivity contribution in [3.05, 3.63) is 60.7 Å². The van der Waals surface area contributed by atoms with Crippen LogP contribution in [0.4, 0.5) is 0 Å². The number of carbonyl (C=O) groups excluding carboxylic acids is 2. The van der Waals surface area contributed by atoms with E-state index in [1.165, 1.54) is 24.3 Å². The SMILES string of the molecule is C=CCOC(=O)c1ccccc1C(=O)OCC=C.CCC(CO)(CO)CO. The van der Waals surface area contributed by atoms with E-state index in [1.807, 2.05) is 6.92 Å². The Bertz CT molecular complexity index is 546. The zero-order chi connectivity index (χ0) is 20.7. The van der Waals surface area contributed by atoms with Gasteiger partial charge in [0.15, 0.2) is 0 Å². The first-order valence-electron chi connectivity index (χ1n) is 8.42. The highest BCUT2D eigenvalue weighted by Gasteiger charge is 2.24. The molecule has 0 amide bonds. The Hall–Kier alpha value is -2.48. The molecule has 1 aromatic rings. The van der Waals surface area contributed by atoms with Gasteiger partial charge in [-0.15, -0.1) is 0 Å². The predicted octanol–water partition coefficient (Wildman–Crippen LogP) is 1.73. The molecule has 0 aromatic heterocycles. The van der Waals surface area contributed by atoms with Gasteiger partial charge < -0.3 is 24.8 Å². The summed E-state index contributed by atoms with van der Waals surface area (Å²) in [6.45, 7) is 8.43. The highest BCUT2D eigenvalue weighted by molar-refractivity contribution is 6.03. The summed E-state index contributed by atoms with van der Waals surface area (Å²) in [4.78, 5) is 23.4. The molecule has 0 radical (unpaired) electrons. The van der Waals surface area contributed by atoms with E-state index in [9.17, 15) is 9.59 Å². The number of hydrogen-bond donors (Lipinski definition) is 3. The molecule has 1 aromatic carbocycles. The third-order valence-corrected chi connectivity index (χ3v) is 3.79. The summed E-state index contributed by atoms with van der Waals surface area (Å²) in [7, 11) is 0. The molecule has 1 rings (SSSR count). The molecule has 0 fully saturated rings. The standard InChI is InChI=1S/C14H14O4.C6H14O3/c1-3-9-17-13(15)11-7-5-6-8-12(11)14(16)18-10-4-2;1-2-6(3-7,4-8)5-9/h3-8H,1-2,9-10H2;7-9H,2-5H2,1H3. The second-order valence-corrected chi connectivity index (χ2v) is 5.65. The van der Waals surface area contributed by atoms with Crippen LogP contribution in [-0.2, 0) is 9.47 Å². The van der Waals surface area contributed by atoms with E-state index < -0.39 is 17.4 Å². The van der Waals surface area contributed by atoms with Crippen molar-refractivity contribution in [3.63, 3.8) is 0 Å². The molecule has 0 aliphatic rings. The lowest BCUT2D eigenvalue weighted by atomic mass is 9.88. The fourth-order valence-corrected chi connectivity index (χ4v) is 1.75. The summed E-state index contributed by atoms with van der Waals surface area (Å²) in [6.07, 6.45) is 3.50. The van der Waals surface area contributed by atoms with Gasteiger partial charge >= 0.3 is 11.9 Å². The summed E-state index contributed by atoms with van der Waals surface area (Å²) in [5, 5.41) is 26.0. The average Bonchev–Trinajstić information content (AvgIpc) is 2.72. The van der Waals surface area contributed by atoms with E-state index in [0.717, 1.165) is 0 Å². The van der Waals surface area contributed by atoms with Gasteiger partial charge in [-0.3, -0.25) is 0 Å². The smallest absolute Gasteiger partial charge is 0.339 e. The third-order valence-electron chi connectivity index (χ3n) is 3.79. The van der Waals surface area contributed by atoms with Crippen LogP contribution in [0.5, 0.6) is 0 Å². The van der Waals surface area contributed by atoms with Gasteiger partial charge in [0, 0.05) is 5.41 Å². The molecular weight excluding hydrogens is 352 g/mol. The van der Waals surface area contributed by atoms with Crippen molar-refractivity contribution in [1.82, 2.24) is 0 Å². The molecule has 0 aliphatic heterocycles. The molecule has 0 atom stereocenters. The number of esters is 2. The van der Waals surface area contributed by atoms with Crippen molar-refractivity contribution in [2.24, 2.45) is 5.41 Å². The Morgan fingerprint density at radius 3 is 1.52 bits per heavy atom. The van der Waals surface area contributed by atoms with Crippen molar-refractivity contribution in [3.8, 4) is 0 Å². The van der Waals surface area contributed by atoms with E-state index in [-0.39, 0.29) is 44.2 Å². The number of hydrogen-bond acceptors (Lipinski definition) is 7. The lowest BCUT2D eigenvalue weighted by Crippen LogP contribution is -2.32. The molecule has 0 spiro atoms. The van der Waals surface area contributed by atoms with Gasteiger partial charge in [0.05, 0.1) is 30.9 Å². The molecule has 7 heteroatoms. The van der Waals surface area contributed by atoms with Crippen LogP contribution in [0.1, 0.15) is 34.1 Å². The third kappa shape index (κ3) is 8.17.